The van der Waals surface area contributed by atoms with Gasteiger partial charge in [0.15, 0.2) is 5.78 Å². The molecule has 1 aliphatic rings. The van der Waals surface area contributed by atoms with Crippen LogP contribution >= 0.6 is 11.6 Å². The Morgan fingerprint density at radius 2 is 1.90 bits per heavy atom. The number of Topliss-reactive ketones (excluding diaryl/α,β-unsaturated/α-hetero) is 1. The van der Waals surface area contributed by atoms with Gasteiger partial charge in [-0.15, -0.1) is 0 Å². The van der Waals surface area contributed by atoms with Crippen molar-refractivity contribution in [2.45, 2.75) is 39.4 Å². The minimum absolute atomic E-state index is 0.0169. The van der Waals surface area contributed by atoms with Crippen molar-refractivity contribution >= 4 is 29.1 Å². The average Bonchev–Trinajstić information content (AvgIpc) is 2.98. The summed E-state index contributed by atoms with van der Waals surface area (Å²) < 4.78 is 38.4. The molecule has 0 N–H and O–H groups in total. The number of aromatic nitrogens is 2. The van der Waals surface area contributed by atoms with Gasteiger partial charge < -0.3 is 4.90 Å². The number of halogens is 4. The summed E-state index contributed by atoms with van der Waals surface area (Å²) in [6.07, 6.45) is -2.01. The molecule has 0 bridgehead atoms. The van der Waals surface area contributed by atoms with Gasteiger partial charge in [0.2, 0.25) is 0 Å². The number of carbonyl (C=O) groups excluding carboxylic acids is 2. The Labute approximate surface area is 183 Å². The van der Waals surface area contributed by atoms with Gasteiger partial charge in [-0.1, -0.05) is 32.4 Å². The summed E-state index contributed by atoms with van der Waals surface area (Å²) >= 11 is 5.93. The van der Waals surface area contributed by atoms with Crippen LogP contribution in [0.1, 0.15) is 32.2 Å². The molecule has 3 rings (SSSR count). The highest BCUT2D eigenvalue weighted by molar-refractivity contribution is 6.30. The maximum Gasteiger partial charge on any atom is 0.433 e. The molecule has 31 heavy (non-hydrogen) atoms. The summed E-state index contributed by atoms with van der Waals surface area (Å²) in [7, 11) is 0. The van der Waals surface area contributed by atoms with Crippen molar-refractivity contribution in [2.75, 3.05) is 18.0 Å². The summed E-state index contributed by atoms with van der Waals surface area (Å²) in [5.41, 5.74) is -0.645. The molecule has 0 saturated carbocycles. The highest BCUT2D eigenvalue weighted by Gasteiger charge is 2.44. The van der Waals surface area contributed by atoms with Crippen LogP contribution < -0.4 is 4.90 Å². The van der Waals surface area contributed by atoms with Gasteiger partial charge >= 0.3 is 12.2 Å². The van der Waals surface area contributed by atoms with Gasteiger partial charge in [-0.05, 0) is 29.7 Å². The first-order valence-corrected chi connectivity index (χ1v) is 9.97. The molecule has 1 aliphatic heterocycles. The van der Waals surface area contributed by atoms with E-state index >= 15 is 0 Å². The molecule has 6 nitrogen and oxygen atoms in total. The topological polar surface area (TPSA) is 66.4 Å². The first-order chi connectivity index (χ1) is 14.4. The molecule has 166 valence electrons. The normalized spacial score (nSPS) is 17.4. The zero-order chi connectivity index (χ0) is 23.0. The quantitative estimate of drug-likeness (QED) is 0.661. The van der Waals surface area contributed by atoms with Crippen LogP contribution in [0.5, 0.6) is 0 Å². The zero-order valence-corrected chi connectivity index (χ0v) is 18.0. The van der Waals surface area contributed by atoms with Gasteiger partial charge in [-0.2, -0.15) is 13.2 Å². The van der Waals surface area contributed by atoms with Crippen LogP contribution in [0.15, 0.2) is 36.7 Å². The van der Waals surface area contributed by atoms with Gasteiger partial charge in [-0.25, -0.2) is 9.78 Å². The smallest absolute Gasteiger partial charge is 0.312 e. The molecular weight excluding hydrogens is 433 g/mol. The molecule has 0 radical (unpaired) electrons. The summed E-state index contributed by atoms with van der Waals surface area (Å²) in [5.74, 6) is -0.218. The third-order valence-electron chi connectivity index (χ3n) is 5.06. The van der Waals surface area contributed by atoms with E-state index in [4.69, 9.17) is 11.6 Å². The van der Waals surface area contributed by atoms with Gasteiger partial charge in [0.25, 0.3) is 0 Å². The second-order valence-corrected chi connectivity index (χ2v) is 8.92. The predicted octanol–water partition coefficient (Wildman–Crippen LogP) is 4.62. The fourth-order valence-corrected chi connectivity index (χ4v) is 3.66. The lowest BCUT2D eigenvalue weighted by atomic mass is 9.86. The van der Waals surface area contributed by atoms with Crippen molar-refractivity contribution in [2.24, 2.45) is 5.41 Å². The molecule has 2 aromatic heterocycles. The summed E-state index contributed by atoms with van der Waals surface area (Å²) in [6.45, 7) is 5.91. The maximum absolute atomic E-state index is 13.1. The standard InChI is InChI=1S/C21H22ClF3N4O2/c1-20(2,3)18-12-28(15-4-5-17(27-10-15)21(23,24)25)19(31)29(18)11-16(30)9-14-8-13(22)6-7-26-14/h4-8,10,18H,9,11-12H2,1-3H3/t18-/m1/s1. The number of rotatable bonds is 5. The fourth-order valence-electron chi connectivity index (χ4n) is 3.48. The first kappa shape index (κ1) is 23.0. The van der Waals surface area contributed by atoms with Crippen LogP contribution in [0, 0.1) is 5.41 Å². The minimum atomic E-state index is -4.56. The zero-order valence-electron chi connectivity index (χ0n) is 17.3. The van der Waals surface area contributed by atoms with Crippen LogP contribution in [0.25, 0.3) is 0 Å². The summed E-state index contributed by atoms with van der Waals surface area (Å²) in [4.78, 5) is 36.1. The highest BCUT2D eigenvalue weighted by Crippen LogP contribution is 2.34. The van der Waals surface area contributed by atoms with Crippen molar-refractivity contribution < 1.29 is 22.8 Å². The third kappa shape index (κ3) is 5.33. The Kier molecular flexibility index (Phi) is 6.27. The lowest BCUT2D eigenvalue weighted by molar-refractivity contribution is -0.141. The molecule has 0 aliphatic carbocycles. The van der Waals surface area contributed by atoms with Gasteiger partial charge in [0, 0.05) is 23.5 Å². The number of hydrogen-bond donors (Lipinski definition) is 0. The number of pyridine rings is 2. The summed E-state index contributed by atoms with van der Waals surface area (Å²) in [5, 5.41) is 0.462. The number of alkyl halides is 3. The minimum Gasteiger partial charge on any atom is -0.312 e. The Balaban J connectivity index is 1.80. The number of carbonyl (C=O) groups is 2. The van der Waals surface area contributed by atoms with E-state index in [1.54, 1.807) is 12.1 Å². The molecule has 3 heterocycles. The second-order valence-electron chi connectivity index (χ2n) is 8.48. The number of anilines is 1. The van der Waals surface area contributed by atoms with Crippen LogP contribution in [0.3, 0.4) is 0 Å². The summed E-state index contributed by atoms with van der Waals surface area (Å²) in [6, 6.07) is 4.48. The van der Waals surface area contributed by atoms with Gasteiger partial charge in [0.05, 0.1) is 30.9 Å². The predicted molar refractivity (Wildman–Crippen MR) is 110 cm³/mol. The second kappa shape index (κ2) is 8.45. The molecule has 2 amide bonds. The number of amides is 2. The Bertz CT molecular complexity index is 974. The molecule has 10 heteroatoms. The SMILES string of the molecule is CC(C)(C)[C@H]1CN(c2ccc(C(F)(F)F)nc2)C(=O)N1CC(=O)Cc1cc(Cl)ccn1. The molecule has 0 unspecified atom stereocenters. The van der Waals surface area contributed by atoms with E-state index in [1.807, 2.05) is 20.8 Å². The monoisotopic (exact) mass is 454 g/mol. The van der Waals surface area contributed by atoms with Crippen LogP contribution in [-0.2, 0) is 17.4 Å². The van der Waals surface area contributed by atoms with Crippen LogP contribution in [0.4, 0.5) is 23.7 Å². The van der Waals surface area contributed by atoms with Crippen molar-refractivity contribution in [3.8, 4) is 0 Å². The van der Waals surface area contributed by atoms with Crippen molar-refractivity contribution in [3.05, 3.63) is 53.1 Å². The number of urea groups is 1. The van der Waals surface area contributed by atoms with Crippen LogP contribution in [0.2, 0.25) is 5.02 Å². The largest absolute Gasteiger partial charge is 0.433 e. The average molecular weight is 455 g/mol. The Morgan fingerprint density at radius 1 is 1.19 bits per heavy atom. The van der Waals surface area contributed by atoms with E-state index in [-0.39, 0.29) is 42.4 Å². The molecule has 1 saturated heterocycles. The fraction of sp³-hybridized carbons (Fsp3) is 0.429. The molecule has 1 atom stereocenters. The van der Waals surface area contributed by atoms with Crippen LogP contribution in [-0.4, -0.2) is 45.8 Å². The third-order valence-corrected chi connectivity index (χ3v) is 5.30. The number of hydrogen-bond acceptors (Lipinski definition) is 4. The lowest BCUT2D eigenvalue weighted by Crippen LogP contribution is -2.45. The highest BCUT2D eigenvalue weighted by atomic mass is 35.5. The van der Waals surface area contributed by atoms with Gasteiger partial charge in [-0.3, -0.25) is 14.7 Å². The van der Waals surface area contributed by atoms with E-state index in [1.165, 1.54) is 22.1 Å². The molecule has 0 aromatic carbocycles. The molecular formula is C21H22ClF3N4O2. The van der Waals surface area contributed by atoms with E-state index < -0.39 is 17.9 Å². The maximum atomic E-state index is 13.1. The molecule has 1 fully saturated rings. The molecule has 0 spiro atoms. The lowest BCUT2D eigenvalue weighted by Gasteiger charge is -2.33. The van der Waals surface area contributed by atoms with Gasteiger partial charge in [0.1, 0.15) is 5.69 Å². The number of ketones is 1. The Morgan fingerprint density at radius 3 is 2.45 bits per heavy atom. The Hall–Kier alpha value is -2.68. The molecule has 2 aromatic rings. The number of nitrogens with zero attached hydrogens (tertiary/aromatic N) is 4. The van der Waals surface area contributed by atoms with Crippen molar-refractivity contribution in [1.82, 2.24) is 14.9 Å². The van der Waals surface area contributed by atoms with Crippen molar-refractivity contribution in [3.63, 3.8) is 0 Å². The van der Waals surface area contributed by atoms with Crippen molar-refractivity contribution in [1.29, 1.82) is 0 Å². The van der Waals surface area contributed by atoms with E-state index in [9.17, 15) is 22.8 Å². The first-order valence-electron chi connectivity index (χ1n) is 9.60. The van der Waals surface area contributed by atoms with E-state index in [2.05, 4.69) is 9.97 Å². The van der Waals surface area contributed by atoms with E-state index in [0.717, 1.165) is 12.3 Å². The van der Waals surface area contributed by atoms with E-state index in [0.29, 0.717) is 10.7 Å².